The standard InChI is InChI=1S/C15H24O/c1-13(2)9-11(16)7-12-14(3,4)10-5-6-15(12,13)8-10/h10,12H,5-9H2,1-4H3. The summed E-state index contributed by atoms with van der Waals surface area (Å²) in [5.41, 5.74) is 1.15. The molecule has 1 spiro atoms. The number of ketones is 1. The van der Waals surface area contributed by atoms with Gasteiger partial charge in [-0.3, -0.25) is 4.79 Å². The maximum absolute atomic E-state index is 12.0. The van der Waals surface area contributed by atoms with Gasteiger partial charge >= 0.3 is 0 Å². The first-order chi connectivity index (χ1) is 7.30. The molecule has 90 valence electrons. The molecular weight excluding hydrogens is 196 g/mol. The topological polar surface area (TPSA) is 17.1 Å². The average Bonchev–Trinajstić information content (AvgIpc) is 2.63. The molecule has 0 aromatic rings. The van der Waals surface area contributed by atoms with E-state index in [0.717, 1.165) is 18.8 Å². The average molecular weight is 220 g/mol. The Morgan fingerprint density at radius 2 is 1.88 bits per heavy atom. The van der Waals surface area contributed by atoms with Gasteiger partial charge in [0.15, 0.2) is 0 Å². The van der Waals surface area contributed by atoms with Gasteiger partial charge in [0.25, 0.3) is 0 Å². The van der Waals surface area contributed by atoms with E-state index in [-0.39, 0.29) is 5.41 Å². The molecule has 3 aliphatic rings. The van der Waals surface area contributed by atoms with Crippen LogP contribution in [0.15, 0.2) is 0 Å². The van der Waals surface area contributed by atoms with E-state index in [1.165, 1.54) is 19.3 Å². The first kappa shape index (κ1) is 10.8. The lowest BCUT2D eigenvalue weighted by Crippen LogP contribution is -2.50. The molecule has 2 bridgehead atoms. The van der Waals surface area contributed by atoms with E-state index >= 15 is 0 Å². The lowest BCUT2D eigenvalue weighted by molar-refractivity contribution is -0.139. The van der Waals surface area contributed by atoms with Crippen LogP contribution in [0, 0.1) is 28.1 Å². The van der Waals surface area contributed by atoms with Gasteiger partial charge in [0.05, 0.1) is 0 Å². The first-order valence-corrected chi connectivity index (χ1v) is 6.81. The highest BCUT2D eigenvalue weighted by molar-refractivity contribution is 5.81. The smallest absolute Gasteiger partial charge is 0.133 e. The van der Waals surface area contributed by atoms with Gasteiger partial charge in [0.2, 0.25) is 0 Å². The fourth-order valence-corrected chi connectivity index (χ4v) is 5.54. The van der Waals surface area contributed by atoms with Crippen LogP contribution in [0.3, 0.4) is 0 Å². The van der Waals surface area contributed by atoms with Crippen LogP contribution in [0.4, 0.5) is 0 Å². The van der Waals surface area contributed by atoms with Gasteiger partial charge in [-0.2, -0.15) is 0 Å². The van der Waals surface area contributed by atoms with E-state index in [4.69, 9.17) is 0 Å². The highest BCUT2D eigenvalue weighted by Crippen LogP contribution is 2.74. The molecule has 1 heteroatoms. The molecule has 0 heterocycles. The Morgan fingerprint density at radius 1 is 1.19 bits per heavy atom. The monoisotopic (exact) mass is 220 g/mol. The number of carbonyl (C=O) groups is 1. The lowest BCUT2D eigenvalue weighted by atomic mass is 9.49. The summed E-state index contributed by atoms with van der Waals surface area (Å²) in [7, 11) is 0. The van der Waals surface area contributed by atoms with Crippen molar-refractivity contribution >= 4 is 5.78 Å². The van der Waals surface area contributed by atoms with Gasteiger partial charge in [-0.15, -0.1) is 0 Å². The summed E-state index contributed by atoms with van der Waals surface area (Å²) in [5, 5.41) is 0. The van der Waals surface area contributed by atoms with E-state index in [1.54, 1.807) is 0 Å². The number of carbonyl (C=O) groups excluding carboxylic acids is 1. The molecule has 0 N–H and O–H groups in total. The van der Waals surface area contributed by atoms with Gasteiger partial charge < -0.3 is 0 Å². The molecule has 0 radical (unpaired) electrons. The van der Waals surface area contributed by atoms with Crippen LogP contribution >= 0.6 is 0 Å². The number of hydrogen-bond donors (Lipinski definition) is 0. The summed E-state index contributed by atoms with van der Waals surface area (Å²) >= 11 is 0. The molecule has 3 saturated carbocycles. The minimum Gasteiger partial charge on any atom is -0.300 e. The molecule has 1 nitrogen and oxygen atoms in total. The maximum atomic E-state index is 12.0. The predicted molar refractivity (Wildman–Crippen MR) is 65.1 cm³/mol. The second kappa shape index (κ2) is 2.73. The lowest BCUT2D eigenvalue weighted by Gasteiger charge is -2.55. The molecule has 0 aliphatic heterocycles. The van der Waals surface area contributed by atoms with Crippen molar-refractivity contribution in [3.05, 3.63) is 0 Å². The van der Waals surface area contributed by atoms with E-state index < -0.39 is 0 Å². The summed E-state index contributed by atoms with van der Waals surface area (Å²) in [5.74, 6) is 2.05. The summed E-state index contributed by atoms with van der Waals surface area (Å²) in [4.78, 5) is 12.0. The SMILES string of the molecule is CC1(C)C2CCC3(C2)C1CC(=O)CC3(C)C. The third kappa shape index (κ3) is 1.01. The van der Waals surface area contributed by atoms with E-state index in [2.05, 4.69) is 27.7 Å². The maximum Gasteiger partial charge on any atom is 0.133 e. The predicted octanol–water partition coefficient (Wildman–Crippen LogP) is 3.82. The van der Waals surface area contributed by atoms with Crippen molar-refractivity contribution in [2.45, 2.75) is 59.8 Å². The zero-order valence-electron chi connectivity index (χ0n) is 11.1. The largest absolute Gasteiger partial charge is 0.300 e. The zero-order valence-corrected chi connectivity index (χ0v) is 11.1. The van der Waals surface area contributed by atoms with Crippen molar-refractivity contribution < 1.29 is 4.79 Å². The van der Waals surface area contributed by atoms with E-state index in [1.807, 2.05) is 0 Å². The second-order valence-corrected chi connectivity index (χ2v) is 7.77. The van der Waals surface area contributed by atoms with Gasteiger partial charge in [0.1, 0.15) is 5.78 Å². The van der Waals surface area contributed by atoms with Crippen molar-refractivity contribution in [3.8, 4) is 0 Å². The molecule has 0 amide bonds. The van der Waals surface area contributed by atoms with Crippen LogP contribution in [0.2, 0.25) is 0 Å². The fourth-order valence-electron chi connectivity index (χ4n) is 5.54. The van der Waals surface area contributed by atoms with Crippen LogP contribution in [-0.2, 0) is 4.79 Å². The van der Waals surface area contributed by atoms with Gasteiger partial charge in [-0.1, -0.05) is 27.7 Å². The molecule has 0 saturated heterocycles. The molecule has 3 unspecified atom stereocenters. The summed E-state index contributed by atoms with van der Waals surface area (Å²) < 4.78 is 0. The Kier molecular flexibility index (Phi) is 1.85. The number of hydrogen-bond acceptors (Lipinski definition) is 1. The van der Waals surface area contributed by atoms with Crippen LogP contribution in [0.1, 0.15) is 59.8 Å². The second-order valence-electron chi connectivity index (χ2n) is 7.77. The van der Waals surface area contributed by atoms with Crippen molar-refractivity contribution in [2.75, 3.05) is 0 Å². The van der Waals surface area contributed by atoms with Crippen LogP contribution in [0.25, 0.3) is 0 Å². The Hall–Kier alpha value is -0.330. The zero-order chi connectivity index (χ0) is 11.8. The molecule has 16 heavy (non-hydrogen) atoms. The van der Waals surface area contributed by atoms with Crippen molar-refractivity contribution in [3.63, 3.8) is 0 Å². The molecular formula is C15H24O. The summed E-state index contributed by atoms with van der Waals surface area (Å²) in [6.07, 6.45) is 5.87. The van der Waals surface area contributed by atoms with Gasteiger partial charge in [0, 0.05) is 12.8 Å². The van der Waals surface area contributed by atoms with Crippen LogP contribution in [-0.4, -0.2) is 5.78 Å². The van der Waals surface area contributed by atoms with Gasteiger partial charge in [-0.05, 0) is 47.3 Å². The van der Waals surface area contributed by atoms with Gasteiger partial charge in [-0.25, -0.2) is 0 Å². The Labute approximate surface area is 99.0 Å². The third-order valence-corrected chi connectivity index (χ3v) is 6.59. The summed E-state index contributed by atoms with van der Waals surface area (Å²) in [6.45, 7) is 9.53. The molecule has 0 aromatic carbocycles. The molecule has 3 atom stereocenters. The molecule has 0 aromatic heterocycles. The normalized spacial score (nSPS) is 48.1. The molecule has 3 fully saturated rings. The number of fused-ring (bicyclic) bond motifs is 1. The van der Waals surface area contributed by atoms with Crippen molar-refractivity contribution in [1.29, 1.82) is 0 Å². The third-order valence-electron chi connectivity index (χ3n) is 6.59. The van der Waals surface area contributed by atoms with E-state index in [0.29, 0.717) is 22.5 Å². The minimum atomic E-state index is 0.246. The quantitative estimate of drug-likeness (QED) is 0.606. The van der Waals surface area contributed by atoms with Crippen molar-refractivity contribution in [2.24, 2.45) is 28.1 Å². The van der Waals surface area contributed by atoms with Crippen molar-refractivity contribution in [1.82, 2.24) is 0 Å². The first-order valence-electron chi connectivity index (χ1n) is 6.81. The van der Waals surface area contributed by atoms with Crippen LogP contribution in [0.5, 0.6) is 0 Å². The molecule has 3 aliphatic carbocycles. The highest BCUT2D eigenvalue weighted by atomic mass is 16.1. The van der Waals surface area contributed by atoms with Crippen LogP contribution < -0.4 is 0 Å². The Bertz CT molecular complexity index is 352. The number of Topliss-reactive ketones (excluding diaryl/α,β-unsaturated/α-hetero) is 1. The molecule has 3 rings (SSSR count). The van der Waals surface area contributed by atoms with E-state index in [9.17, 15) is 4.79 Å². The Balaban J connectivity index is 2.10. The fraction of sp³-hybridized carbons (Fsp3) is 0.933. The number of rotatable bonds is 0. The Morgan fingerprint density at radius 3 is 2.56 bits per heavy atom. The summed E-state index contributed by atoms with van der Waals surface area (Å²) in [6, 6.07) is 0. The highest BCUT2D eigenvalue weighted by Gasteiger charge is 2.68. The minimum absolute atomic E-state index is 0.246.